The second kappa shape index (κ2) is 7.66. The molecule has 1 amide bonds. The van der Waals surface area contributed by atoms with Crippen LogP contribution in [0.5, 0.6) is 0 Å². The molecule has 1 aliphatic heterocycles. The van der Waals surface area contributed by atoms with Crippen LogP contribution in [0.25, 0.3) is 0 Å². The van der Waals surface area contributed by atoms with Gasteiger partial charge in [0.05, 0.1) is 10.9 Å². The minimum atomic E-state index is -3.49. The molecule has 1 saturated heterocycles. The van der Waals surface area contributed by atoms with E-state index in [-0.39, 0.29) is 17.5 Å². The van der Waals surface area contributed by atoms with E-state index in [1.54, 1.807) is 12.1 Å². The zero-order chi connectivity index (χ0) is 19.7. The van der Waals surface area contributed by atoms with Gasteiger partial charge in [-0.15, -0.1) is 0 Å². The first-order valence-corrected chi connectivity index (χ1v) is 10.5. The van der Waals surface area contributed by atoms with Crippen LogP contribution in [0.1, 0.15) is 38.8 Å². The molecule has 0 saturated carbocycles. The summed E-state index contributed by atoms with van der Waals surface area (Å²) in [6.07, 6.45) is 0. The van der Waals surface area contributed by atoms with Crippen LogP contribution in [0.2, 0.25) is 0 Å². The summed E-state index contributed by atoms with van der Waals surface area (Å²) in [5.74, 6) is -0.0250. The zero-order valence-corrected chi connectivity index (χ0v) is 17.5. The molecular weight excluding hydrogens is 350 g/mol. The van der Waals surface area contributed by atoms with Crippen LogP contribution in [0.15, 0.2) is 23.1 Å². The first-order chi connectivity index (χ1) is 11.9. The quantitative estimate of drug-likeness (QED) is 0.865. The van der Waals surface area contributed by atoms with Gasteiger partial charge in [-0.05, 0) is 64.8 Å². The van der Waals surface area contributed by atoms with Gasteiger partial charge in [-0.3, -0.25) is 9.69 Å². The largest absolute Gasteiger partial charge is 0.350 e. The van der Waals surface area contributed by atoms with Gasteiger partial charge in [-0.25, -0.2) is 8.42 Å². The van der Waals surface area contributed by atoms with E-state index in [0.717, 1.165) is 11.1 Å². The Labute approximate surface area is 157 Å². The number of piperazine rings is 1. The molecule has 26 heavy (non-hydrogen) atoms. The SMILES string of the molecule is Cc1ccc(S(=O)(=O)N2CCN([C@H](C)C(=O)NC(C)(C)C)CC2)cc1C. The van der Waals surface area contributed by atoms with Crippen molar-refractivity contribution in [1.82, 2.24) is 14.5 Å². The van der Waals surface area contributed by atoms with Gasteiger partial charge >= 0.3 is 0 Å². The lowest BCUT2D eigenvalue weighted by atomic mass is 10.1. The molecule has 0 aliphatic carbocycles. The number of benzene rings is 1. The van der Waals surface area contributed by atoms with E-state index in [2.05, 4.69) is 5.32 Å². The summed E-state index contributed by atoms with van der Waals surface area (Å²) in [6.45, 7) is 13.5. The molecule has 1 fully saturated rings. The standard InChI is InChI=1S/C19H31N3O3S/c1-14-7-8-17(13-15(14)2)26(24,25)22-11-9-21(10-12-22)16(3)18(23)20-19(4,5)6/h7-8,13,16H,9-12H2,1-6H3,(H,20,23)/t16-/m1/s1. The van der Waals surface area contributed by atoms with Crippen LogP contribution < -0.4 is 5.32 Å². The van der Waals surface area contributed by atoms with Gasteiger partial charge < -0.3 is 5.32 Å². The first-order valence-electron chi connectivity index (χ1n) is 9.05. The number of nitrogens with one attached hydrogen (secondary N) is 1. The van der Waals surface area contributed by atoms with Crippen LogP contribution in [0.3, 0.4) is 0 Å². The Kier molecular flexibility index (Phi) is 6.15. The monoisotopic (exact) mass is 381 g/mol. The summed E-state index contributed by atoms with van der Waals surface area (Å²) in [5, 5.41) is 2.98. The van der Waals surface area contributed by atoms with Crippen LogP contribution >= 0.6 is 0 Å². The fourth-order valence-corrected chi connectivity index (χ4v) is 4.50. The predicted octanol–water partition coefficient (Wildman–Crippen LogP) is 1.91. The average Bonchev–Trinajstić information content (AvgIpc) is 2.55. The van der Waals surface area contributed by atoms with Crippen LogP contribution in [0, 0.1) is 13.8 Å². The minimum Gasteiger partial charge on any atom is -0.350 e. The third-order valence-electron chi connectivity index (χ3n) is 4.81. The van der Waals surface area contributed by atoms with Crippen molar-refractivity contribution in [3.05, 3.63) is 29.3 Å². The molecule has 6 nitrogen and oxygen atoms in total. The van der Waals surface area contributed by atoms with Crippen molar-refractivity contribution in [2.24, 2.45) is 0 Å². The molecule has 0 bridgehead atoms. The van der Waals surface area contributed by atoms with Crippen LogP contribution in [-0.4, -0.2) is 61.3 Å². The lowest BCUT2D eigenvalue weighted by molar-refractivity contribution is -0.127. The number of aryl methyl sites for hydroxylation is 2. The molecule has 2 rings (SSSR count). The molecule has 146 valence electrons. The number of hydrogen-bond acceptors (Lipinski definition) is 4. The maximum atomic E-state index is 12.9. The Morgan fingerprint density at radius 1 is 1.08 bits per heavy atom. The van der Waals surface area contributed by atoms with Gasteiger partial charge in [0.2, 0.25) is 15.9 Å². The van der Waals surface area contributed by atoms with Crippen molar-refractivity contribution >= 4 is 15.9 Å². The number of rotatable bonds is 4. The van der Waals surface area contributed by atoms with Crippen LogP contribution in [-0.2, 0) is 14.8 Å². The first kappa shape index (κ1) is 20.9. The van der Waals surface area contributed by atoms with Gasteiger partial charge in [0.15, 0.2) is 0 Å². The van der Waals surface area contributed by atoms with E-state index < -0.39 is 10.0 Å². The fraction of sp³-hybridized carbons (Fsp3) is 0.632. The second-order valence-corrected chi connectivity index (χ2v) is 10.0. The smallest absolute Gasteiger partial charge is 0.243 e. The lowest BCUT2D eigenvalue weighted by Crippen LogP contribution is -2.56. The molecule has 0 spiro atoms. The maximum absolute atomic E-state index is 12.9. The van der Waals surface area contributed by atoms with Crippen molar-refractivity contribution in [3.63, 3.8) is 0 Å². The highest BCUT2D eigenvalue weighted by Gasteiger charge is 2.32. The summed E-state index contributed by atoms with van der Waals surface area (Å²) in [4.78, 5) is 14.7. The minimum absolute atomic E-state index is 0.0250. The summed E-state index contributed by atoms with van der Waals surface area (Å²) in [5.41, 5.74) is 1.77. The molecule has 1 N–H and O–H groups in total. The molecule has 1 aromatic carbocycles. The van der Waals surface area contributed by atoms with E-state index in [0.29, 0.717) is 31.1 Å². The van der Waals surface area contributed by atoms with E-state index in [4.69, 9.17) is 0 Å². The topological polar surface area (TPSA) is 69.7 Å². The van der Waals surface area contributed by atoms with Gasteiger partial charge in [-0.1, -0.05) is 6.07 Å². The van der Waals surface area contributed by atoms with Crippen molar-refractivity contribution < 1.29 is 13.2 Å². The van der Waals surface area contributed by atoms with Crippen LogP contribution in [0.4, 0.5) is 0 Å². The summed E-state index contributed by atoms with van der Waals surface area (Å²) >= 11 is 0. The van der Waals surface area contributed by atoms with E-state index in [1.165, 1.54) is 4.31 Å². The number of sulfonamides is 1. The molecule has 0 aromatic heterocycles. The number of carbonyl (C=O) groups excluding carboxylic acids is 1. The Bertz CT molecular complexity index is 761. The van der Waals surface area contributed by atoms with Gasteiger partial charge in [0.1, 0.15) is 0 Å². The molecule has 1 atom stereocenters. The molecule has 7 heteroatoms. The number of carbonyl (C=O) groups is 1. The predicted molar refractivity (Wildman–Crippen MR) is 104 cm³/mol. The highest BCUT2D eigenvalue weighted by atomic mass is 32.2. The normalized spacial score (nSPS) is 18.5. The van der Waals surface area contributed by atoms with Crippen molar-refractivity contribution in [3.8, 4) is 0 Å². The van der Waals surface area contributed by atoms with E-state index in [1.807, 2.05) is 52.5 Å². The Hall–Kier alpha value is -1.44. The average molecular weight is 382 g/mol. The highest BCUT2D eigenvalue weighted by molar-refractivity contribution is 7.89. The number of amides is 1. The van der Waals surface area contributed by atoms with Crippen molar-refractivity contribution in [1.29, 1.82) is 0 Å². The third-order valence-corrected chi connectivity index (χ3v) is 6.71. The molecule has 1 aliphatic rings. The maximum Gasteiger partial charge on any atom is 0.243 e. The molecule has 0 radical (unpaired) electrons. The Balaban J connectivity index is 2.03. The fourth-order valence-electron chi connectivity index (χ4n) is 2.99. The molecule has 0 unspecified atom stereocenters. The van der Waals surface area contributed by atoms with Gasteiger partial charge in [0, 0.05) is 31.7 Å². The van der Waals surface area contributed by atoms with Crippen molar-refractivity contribution in [2.45, 2.75) is 58.0 Å². The summed E-state index contributed by atoms with van der Waals surface area (Å²) in [7, 11) is -3.49. The zero-order valence-electron chi connectivity index (χ0n) is 16.7. The van der Waals surface area contributed by atoms with Gasteiger partial charge in [0.25, 0.3) is 0 Å². The highest BCUT2D eigenvalue weighted by Crippen LogP contribution is 2.21. The number of nitrogens with zero attached hydrogens (tertiary/aromatic N) is 2. The Morgan fingerprint density at radius 2 is 1.65 bits per heavy atom. The van der Waals surface area contributed by atoms with Crippen molar-refractivity contribution in [2.75, 3.05) is 26.2 Å². The van der Waals surface area contributed by atoms with E-state index >= 15 is 0 Å². The lowest BCUT2D eigenvalue weighted by Gasteiger charge is -2.37. The van der Waals surface area contributed by atoms with Gasteiger partial charge in [-0.2, -0.15) is 4.31 Å². The Morgan fingerprint density at radius 3 is 2.15 bits per heavy atom. The second-order valence-electron chi connectivity index (χ2n) is 8.10. The summed E-state index contributed by atoms with van der Waals surface area (Å²) in [6, 6.07) is 4.97. The van der Waals surface area contributed by atoms with E-state index in [9.17, 15) is 13.2 Å². The molecule has 1 heterocycles. The molecular formula is C19H31N3O3S. The molecule has 1 aromatic rings. The summed E-state index contributed by atoms with van der Waals surface area (Å²) < 4.78 is 27.3. The number of hydrogen-bond donors (Lipinski definition) is 1. The third kappa shape index (κ3) is 4.84.